The fourth-order valence-corrected chi connectivity index (χ4v) is 2.53. The molecule has 0 N–H and O–H groups in total. The molecule has 18 heavy (non-hydrogen) atoms. The van der Waals surface area contributed by atoms with E-state index in [-0.39, 0.29) is 0 Å². The Morgan fingerprint density at radius 2 is 1.94 bits per heavy atom. The Balaban J connectivity index is 2.21. The summed E-state index contributed by atoms with van der Waals surface area (Å²) in [6, 6.07) is 8.78. The van der Waals surface area contributed by atoms with E-state index in [1.54, 1.807) is 0 Å². The SMILES string of the molecule is CCCn1cc(CCCN(C)C)c2ccccc21. The van der Waals surface area contributed by atoms with E-state index < -0.39 is 0 Å². The van der Waals surface area contributed by atoms with Crippen LogP contribution in [0.1, 0.15) is 25.3 Å². The van der Waals surface area contributed by atoms with E-state index in [9.17, 15) is 0 Å². The topological polar surface area (TPSA) is 8.17 Å². The van der Waals surface area contributed by atoms with E-state index in [1.807, 2.05) is 0 Å². The van der Waals surface area contributed by atoms with Gasteiger partial charge in [0.15, 0.2) is 0 Å². The summed E-state index contributed by atoms with van der Waals surface area (Å²) in [6.45, 7) is 4.52. The van der Waals surface area contributed by atoms with Gasteiger partial charge in [0.05, 0.1) is 0 Å². The van der Waals surface area contributed by atoms with Crippen LogP contribution in [-0.4, -0.2) is 30.1 Å². The number of hydrogen-bond acceptors (Lipinski definition) is 1. The first-order valence-corrected chi connectivity index (χ1v) is 6.94. The summed E-state index contributed by atoms with van der Waals surface area (Å²) >= 11 is 0. The number of nitrogens with zero attached hydrogens (tertiary/aromatic N) is 2. The van der Waals surface area contributed by atoms with Gasteiger partial charge in [-0.2, -0.15) is 0 Å². The van der Waals surface area contributed by atoms with E-state index in [0.29, 0.717) is 0 Å². The lowest BCUT2D eigenvalue weighted by atomic mass is 10.1. The third kappa shape index (κ3) is 2.94. The molecular weight excluding hydrogens is 220 g/mol. The molecule has 2 aromatic rings. The van der Waals surface area contributed by atoms with Crippen LogP contribution in [-0.2, 0) is 13.0 Å². The van der Waals surface area contributed by atoms with Crippen molar-refractivity contribution in [3.05, 3.63) is 36.0 Å². The highest BCUT2D eigenvalue weighted by Crippen LogP contribution is 2.22. The molecule has 0 atom stereocenters. The molecule has 98 valence electrons. The third-order valence-electron chi connectivity index (χ3n) is 3.39. The number of benzene rings is 1. The number of aromatic nitrogens is 1. The van der Waals surface area contributed by atoms with E-state index >= 15 is 0 Å². The number of hydrogen-bond donors (Lipinski definition) is 0. The molecule has 0 aliphatic carbocycles. The van der Waals surface area contributed by atoms with Gasteiger partial charge in [-0.3, -0.25) is 0 Å². The average Bonchev–Trinajstić information content (AvgIpc) is 2.69. The van der Waals surface area contributed by atoms with Crippen molar-refractivity contribution in [2.45, 2.75) is 32.7 Å². The summed E-state index contributed by atoms with van der Waals surface area (Å²) in [5.41, 5.74) is 2.89. The fourth-order valence-electron chi connectivity index (χ4n) is 2.53. The van der Waals surface area contributed by atoms with Crippen LogP contribution < -0.4 is 0 Å². The van der Waals surface area contributed by atoms with Gasteiger partial charge in [-0.05, 0) is 51.5 Å². The zero-order chi connectivity index (χ0) is 13.0. The summed E-state index contributed by atoms with van der Waals surface area (Å²) in [6.07, 6.45) is 5.95. The molecule has 0 saturated heterocycles. The van der Waals surface area contributed by atoms with E-state index in [1.165, 1.54) is 35.7 Å². The molecular formula is C16H24N2. The molecule has 2 rings (SSSR count). The number of rotatable bonds is 6. The largest absolute Gasteiger partial charge is 0.347 e. The van der Waals surface area contributed by atoms with Crippen molar-refractivity contribution >= 4 is 10.9 Å². The summed E-state index contributed by atoms with van der Waals surface area (Å²) in [5.74, 6) is 0. The Kier molecular flexibility index (Phi) is 4.43. The molecule has 1 aromatic carbocycles. The highest BCUT2D eigenvalue weighted by molar-refractivity contribution is 5.83. The first-order chi connectivity index (χ1) is 8.72. The number of fused-ring (bicyclic) bond motifs is 1. The van der Waals surface area contributed by atoms with Crippen molar-refractivity contribution in [1.29, 1.82) is 0 Å². The Labute approximate surface area is 110 Å². The monoisotopic (exact) mass is 244 g/mol. The quantitative estimate of drug-likeness (QED) is 0.754. The molecule has 0 radical (unpaired) electrons. The van der Waals surface area contributed by atoms with Crippen LogP contribution in [0.4, 0.5) is 0 Å². The first-order valence-electron chi connectivity index (χ1n) is 6.94. The Morgan fingerprint density at radius 3 is 2.67 bits per heavy atom. The van der Waals surface area contributed by atoms with Gasteiger partial charge >= 0.3 is 0 Å². The van der Waals surface area contributed by atoms with Gasteiger partial charge < -0.3 is 9.47 Å². The predicted molar refractivity (Wildman–Crippen MR) is 79.1 cm³/mol. The minimum atomic E-state index is 1.12. The van der Waals surface area contributed by atoms with Gasteiger partial charge in [0, 0.05) is 23.6 Å². The standard InChI is InChI=1S/C16H24N2/c1-4-11-18-13-14(8-7-12-17(2)3)15-9-5-6-10-16(15)18/h5-6,9-10,13H,4,7-8,11-12H2,1-3H3. The molecule has 0 unspecified atom stereocenters. The van der Waals surface area contributed by atoms with E-state index in [4.69, 9.17) is 0 Å². The highest BCUT2D eigenvalue weighted by atomic mass is 15.0. The van der Waals surface area contributed by atoms with Crippen LogP contribution in [0.25, 0.3) is 10.9 Å². The van der Waals surface area contributed by atoms with Gasteiger partial charge in [0.1, 0.15) is 0 Å². The van der Waals surface area contributed by atoms with Gasteiger partial charge in [0.2, 0.25) is 0 Å². The fraction of sp³-hybridized carbons (Fsp3) is 0.500. The molecule has 0 amide bonds. The molecule has 2 heteroatoms. The van der Waals surface area contributed by atoms with Gasteiger partial charge in [0.25, 0.3) is 0 Å². The Hall–Kier alpha value is -1.28. The minimum Gasteiger partial charge on any atom is -0.347 e. The van der Waals surface area contributed by atoms with Crippen molar-refractivity contribution in [3.8, 4) is 0 Å². The second-order valence-electron chi connectivity index (χ2n) is 5.27. The Morgan fingerprint density at radius 1 is 1.17 bits per heavy atom. The van der Waals surface area contributed by atoms with Crippen molar-refractivity contribution in [2.24, 2.45) is 0 Å². The summed E-state index contributed by atoms with van der Waals surface area (Å²) in [4.78, 5) is 2.26. The molecule has 0 spiro atoms. The molecule has 0 fully saturated rings. The van der Waals surface area contributed by atoms with E-state index in [0.717, 1.165) is 13.1 Å². The van der Waals surface area contributed by atoms with Crippen LogP contribution >= 0.6 is 0 Å². The van der Waals surface area contributed by atoms with Gasteiger partial charge in [-0.25, -0.2) is 0 Å². The number of para-hydroxylation sites is 1. The zero-order valence-electron chi connectivity index (χ0n) is 11.8. The lowest BCUT2D eigenvalue weighted by Crippen LogP contribution is -2.13. The van der Waals surface area contributed by atoms with Crippen molar-refractivity contribution in [3.63, 3.8) is 0 Å². The third-order valence-corrected chi connectivity index (χ3v) is 3.39. The molecule has 0 bridgehead atoms. The van der Waals surface area contributed by atoms with Crippen molar-refractivity contribution in [1.82, 2.24) is 9.47 Å². The molecule has 1 aromatic heterocycles. The average molecular weight is 244 g/mol. The zero-order valence-corrected chi connectivity index (χ0v) is 11.8. The Bertz CT molecular complexity index is 497. The van der Waals surface area contributed by atoms with E-state index in [2.05, 4.69) is 60.9 Å². The summed E-state index contributed by atoms with van der Waals surface area (Å²) in [7, 11) is 4.28. The highest BCUT2D eigenvalue weighted by Gasteiger charge is 2.07. The second-order valence-corrected chi connectivity index (χ2v) is 5.27. The lowest BCUT2D eigenvalue weighted by Gasteiger charge is -2.08. The minimum absolute atomic E-state index is 1.12. The van der Waals surface area contributed by atoms with Crippen LogP contribution in [0.5, 0.6) is 0 Å². The van der Waals surface area contributed by atoms with Crippen LogP contribution in [0.15, 0.2) is 30.5 Å². The van der Waals surface area contributed by atoms with Gasteiger partial charge in [-0.1, -0.05) is 25.1 Å². The molecule has 0 aliphatic rings. The smallest absolute Gasteiger partial charge is 0.0483 e. The number of aryl methyl sites for hydroxylation is 2. The maximum Gasteiger partial charge on any atom is 0.0483 e. The van der Waals surface area contributed by atoms with Gasteiger partial charge in [-0.15, -0.1) is 0 Å². The molecule has 1 heterocycles. The summed E-state index contributed by atoms with van der Waals surface area (Å²) < 4.78 is 2.40. The maximum atomic E-state index is 2.40. The lowest BCUT2D eigenvalue weighted by molar-refractivity contribution is 0.400. The first kappa shape index (κ1) is 13.2. The molecule has 0 aliphatic heterocycles. The molecule has 2 nitrogen and oxygen atoms in total. The van der Waals surface area contributed by atoms with Crippen molar-refractivity contribution < 1.29 is 0 Å². The van der Waals surface area contributed by atoms with Crippen LogP contribution in [0.2, 0.25) is 0 Å². The maximum absolute atomic E-state index is 2.40. The summed E-state index contributed by atoms with van der Waals surface area (Å²) in [5, 5.41) is 1.43. The van der Waals surface area contributed by atoms with Crippen LogP contribution in [0, 0.1) is 0 Å². The normalized spacial score (nSPS) is 11.6. The molecule has 0 saturated carbocycles. The van der Waals surface area contributed by atoms with Crippen molar-refractivity contribution in [2.75, 3.05) is 20.6 Å². The van der Waals surface area contributed by atoms with Crippen LogP contribution in [0.3, 0.4) is 0 Å². The predicted octanol–water partition coefficient (Wildman–Crippen LogP) is 3.55. The second kappa shape index (κ2) is 6.05.